The summed E-state index contributed by atoms with van der Waals surface area (Å²) in [5.74, 6) is 0.334. The lowest BCUT2D eigenvalue weighted by Crippen LogP contribution is -2.47. The van der Waals surface area contributed by atoms with Gasteiger partial charge in [-0.05, 0) is 6.42 Å². The third-order valence-electron chi connectivity index (χ3n) is 2.59. The summed E-state index contributed by atoms with van der Waals surface area (Å²) in [6, 6.07) is 0.448. The Labute approximate surface area is 80.1 Å². The molecule has 0 N–H and O–H groups in total. The van der Waals surface area contributed by atoms with Crippen molar-refractivity contribution in [3.8, 4) is 0 Å². The third kappa shape index (κ3) is 3.08. The summed E-state index contributed by atoms with van der Waals surface area (Å²) in [7, 11) is 0. The van der Waals surface area contributed by atoms with E-state index >= 15 is 0 Å². The number of ketones is 1. The maximum atomic E-state index is 11.3. The standard InChI is InChI=1S/C10H19NO2/c1-3-9-8-13-6-5-11(9)7-10(12)4-2/h9H,3-8H2,1-2H3. The molecule has 0 amide bonds. The van der Waals surface area contributed by atoms with Crippen LogP contribution in [0.4, 0.5) is 0 Å². The van der Waals surface area contributed by atoms with E-state index in [9.17, 15) is 4.79 Å². The number of Topliss-reactive ketones (excluding diaryl/α,β-unsaturated/α-hetero) is 1. The number of rotatable bonds is 4. The number of carbonyl (C=O) groups excluding carboxylic acids is 1. The van der Waals surface area contributed by atoms with Crippen molar-refractivity contribution >= 4 is 5.78 Å². The van der Waals surface area contributed by atoms with E-state index in [4.69, 9.17) is 4.74 Å². The summed E-state index contributed by atoms with van der Waals surface area (Å²) < 4.78 is 5.37. The molecule has 1 atom stereocenters. The Morgan fingerprint density at radius 3 is 2.92 bits per heavy atom. The number of morpholine rings is 1. The highest BCUT2D eigenvalue weighted by atomic mass is 16.5. The van der Waals surface area contributed by atoms with E-state index in [-0.39, 0.29) is 0 Å². The normalized spacial score (nSPS) is 24.6. The molecule has 76 valence electrons. The zero-order valence-corrected chi connectivity index (χ0v) is 8.58. The maximum absolute atomic E-state index is 11.3. The highest BCUT2D eigenvalue weighted by molar-refractivity contribution is 5.80. The van der Waals surface area contributed by atoms with Crippen molar-refractivity contribution in [1.82, 2.24) is 4.90 Å². The van der Waals surface area contributed by atoms with Gasteiger partial charge >= 0.3 is 0 Å². The Morgan fingerprint density at radius 2 is 2.31 bits per heavy atom. The van der Waals surface area contributed by atoms with Crippen LogP contribution in [0.3, 0.4) is 0 Å². The lowest BCUT2D eigenvalue weighted by Gasteiger charge is -2.34. The Bertz CT molecular complexity index is 170. The van der Waals surface area contributed by atoms with Gasteiger partial charge in [-0.25, -0.2) is 0 Å². The molecule has 0 aromatic carbocycles. The molecular weight excluding hydrogens is 166 g/mol. The summed E-state index contributed by atoms with van der Waals surface area (Å²) in [5.41, 5.74) is 0. The van der Waals surface area contributed by atoms with Gasteiger partial charge in [0.2, 0.25) is 0 Å². The predicted octanol–water partition coefficient (Wildman–Crippen LogP) is 1.08. The highest BCUT2D eigenvalue weighted by Gasteiger charge is 2.22. The lowest BCUT2D eigenvalue weighted by molar-refractivity contribution is -0.122. The van der Waals surface area contributed by atoms with Crippen LogP contribution in [-0.2, 0) is 9.53 Å². The molecule has 1 aliphatic heterocycles. The van der Waals surface area contributed by atoms with E-state index in [0.29, 0.717) is 24.8 Å². The van der Waals surface area contributed by atoms with E-state index in [2.05, 4.69) is 11.8 Å². The van der Waals surface area contributed by atoms with Crippen molar-refractivity contribution in [3.05, 3.63) is 0 Å². The van der Waals surface area contributed by atoms with Crippen molar-refractivity contribution in [3.63, 3.8) is 0 Å². The molecule has 1 rings (SSSR count). The first-order chi connectivity index (χ1) is 6.27. The van der Waals surface area contributed by atoms with E-state index in [1.807, 2.05) is 6.92 Å². The second kappa shape index (κ2) is 5.35. The third-order valence-corrected chi connectivity index (χ3v) is 2.59. The average Bonchev–Trinajstić information content (AvgIpc) is 2.18. The summed E-state index contributed by atoms with van der Waals surface area (Å²) >= 11 is 0. The molecule has 0 aliphatic carbocycles. The highest BCUT2D eigenvalue weighted by Crippen LogP contribution is 2.09. The van der Waals surface area contributed by atoms with Gasteiger partial charge in [0.15, 0.2) is 0 Å². The topological polar surface area (TPSA) is 29.5 Å². The molecule has 0 aromatic rings. The summed E-state index contributed by atoms with van der Waals surface area (Å²) in [5, 5.41) is 0. The molecule has 0 bridgehead atoms. The fourth-order valence-electron chi connectivity index (χ4n) is 1.61. The van der Waals surface area contributed by atoms with E-state index in [1.54, 1.807) is 0 Å². The van der Waals surface area contributed by atoms with Crippen molar-refractivity contribution in [2.75, 3.05) is 26.3 Å². The molecule has 0 aromatic heterocycles. The van der Waals surface area contributed by atoms with Crippen molar-refractivity contribution in [1.29, 1.82) is 0 Å². The Balaban J connectivity index is 2.40. The van der Waals surface area contributed by atoms with Gasteiger partial charge < -0.3 is 4.74 Å². The minimum Gasteiger partial charge on any atom is -0.378 e. The number of carbonyl (C=O) groups is 1. The van der Waals surface area contributed by atoms with Gasteiger partial charge in [0, 0.05) is 19.0 Å². The molecule has 3 heteroatoms. The predicted molar refractivity (Wildman–Crippen MR) is 51.8 cm³/mol. The van der Waals surface area contributed by atoms with Crippen LogP contribution in [0.2, 0.25) is 0 Å². The second-order valence-corrected chi connectivity index (χ2v) is 3.50. The summed E-state index contributed by atoms with van der Waals surface area (Å²) in [6.07, 6.45) is 1.71. The van der Waals surface area contributed by atoms with Crippen LogP contribution < -0.4 is 0 Å². The number of ether oxygens (including phenoxy) is 1. The zero-order valence-electron chi connectivity index (χ0n) is 8.58. The Kier molecular flexibility index (Phi) is 4.39. The maximum Gasteiger partial charge on any atom is 0.146 e. The van der Waals surface area contributed by atoms with Crippen LogP contribution in [0.5, 0.6) is 0 Å². The molecule has 3 nitrogen and oxygen atoms in total. The van der Waals surface area contributed by atoms with Crippen LogP contribution in [0.15, 0.2) is 0 Å². The number of hydrogen-bond donors (Lipinski definition) is 0. The van der Waals surface area contributed by atoms with Gasteiger partial charge in [-0.2, -0.15) is 0 Å². The van der Waals surface area contributed by atoms with Crippen LogP contribution >= 0.6 is 0 Å². The van der Waals surface area contributed by atoms with Crippen LogP contribution in [0.25, 0.3) is 0 Å². The molecule has 1 heterocycles. The van der Waals surface area contributed by atoms with Crippen LogP contribution in [0.1, 0.15) is 26.7 Å². The number of hydrogen-bond acceptors (Lipinski definition) is 3. The van der Waals surface area contributed by atoms with Crippen molar-refractivity contribution < 1.29 is 9.53 Å². The van der Waals surface area contributed by atoms with Gasteiger partial charge in [-0.3, -0.25) is 9.69 Å². The monoisotopic (exact) mass is 185 g/mol. The second-order valence-electron chi connectivity index (χ2n) is 3.50. The fraction of sp³-hybridized carbons (Fsp3) is 0.900. The first kappa shape index (κ1) is 10.7. The molecule has 0 spiro atoms. The molecule has 1 saturated heterocycles. The molecule has 13 heavy (non-hydrogen) atoms. The molecule has 1 fully saturated rings. The quantitative estimate of drug-likeness (QED) is 0.656. The van der Waals surface area contributed by atoms with E-state index in [0.717, 1.165) is 26.2 Å². The molecule has 0 saturated carbocycles. The van der Waals surface area contributed by atoms with E-state index in [1.165, 1.54) is 0 Å². The van der Waals surface area contributed by atoms with Crippen LogP contribution in [-0.4, -0.2) is 43.0 Å². The molecule has 1 unspecified atom stereocenters. The lowest BCUT2D eigenvalue weighted by atomic mass is 10.1. The smallest absolute Gasteiger partial charge is 0.146 e. The minimum absolute atomic E-state index is 0.334. The summed E-state index contributed by atoms with van der Waals surface area (Å²) in [6.45, 7) is 7.14. The first-order valence-corrected chi connectivity index (χ1v) is 5.11. The zero-order chi connectivity index (χ0) is 9.68. The van der Waals surface area contributed by atoms with Crippen molar-refractivity contribution in [2.45, 2.75) is 32.7 Å². The van der Waals surface area contributed by atoms with Gasteiger partial charge in [-0.1, -0.05) is 13.8 Å². The van der Waals surface area contributed by atoms with Gasteiger partial charge in [0.05, 0.1) is 19.8 Å². The molecular formula is C10H19NO2. The SMILES string of the molecule is CCC(=O)CN1CCOCC1CC. The largest absolute Gasteiger partial charge is 0.378 e. The number of nitrogens with zero attached hydrogens (tertiary/aromatic N) is 1. The molecule has 0 radical (unpaired) electrons. The van der Waals surface area contributed by atoms with Crippen LogP contribution in [0, 0.1) is 0 Å². The average molecular weight is 185 g/mol. The first-order valence-electron chi connectivity index (χ1n) is 5.11. The van der Waals surface area contributed by atoms with Crippen molar-refractivity contribution in [2.24, 2.45) is 0 Å². The van der Waals surface area contributed by atoms with E-state index < -0.39 is 0 Å². The molecule has 1 aliphatic rings. The van der Waals surface area contributed by atoms with Gasteiger partial charge in [0.1, 0.15) is 5.78 Å². The van der Waals surface area contributed by atoms with Gasteiger partial charge in [-0.15, -0.1) is 0 Å². The Hall–Kier alpha value is -0.410. The fourth-order valence-corrected chi connectivity index (χ4v) is 1.61. The summed E-state index contributed by atoms with van der Waals surface area (Å²) in [4.78, 5) is 13.5. The van der Waals surface area contributed by atoms with Gasteiger partial charge in [0.25, 0.3) is 0 Å². The Morgan fingerprint density at radius 1 is 1.54 bits per heavy atom. The minimum atomic E-state index is 0.334.